The Bertz CT molecular complexity index is 193. The third-order valence-electron chi connectivity index (χ3n) is 4.82. The fraction of sp³-hybridized carbons (Fsp3) is 1.00. The van der Waals surface area contributed by atoms with E-state index in [0.29, 0.717) is 5.41 Å². The van der Waals surface area contributed by atoms with Crippen molar-refractivity contribution in [3.8, 4) is 0 Å². The van der Waals surface area contributed by atoms with Gasteiger partial charge in [0.1, 0.15) is 0 Å². The molecular formula is C19H43P. The fourth-order valence-corrected chi connectivity index (χ4v) is 9.14. The molecule has 0 rings (SSSR count). The van der Waals surface area contributed by atoms with Crippen LogP contribution in [0.1, 0.15) is 92.9 Å². The van der Waals surface area contributed by atoms with Gasteiger partial charge in [-0.05, 0) is 0 Å². The molecule has 20 heavy (non-hydrogen) atoms. The molecular weight excluding hydrogens is 259 g/mol. The van der Waals surface area contributed by atoms with E-state index in [2.05, 4.69) is 41.5 Å². The number of hydrogen-bond acceptors (Lipinski definition) is 0. The quantitative estimate of drug-likeness (QED) is 0.342. The summed E-state index contributed by atoms with van der Waals surface area (Å²) in [5.41, 5.74) is 0.528. The van der Waals surface area contributed by atoms with Crippen LogP contribution in [0, 0.1) is 5.41 Å². The van der Waals surface area contributed by atoms with Crippen molar-refractivity contribution in [3.63, 3.8) is 0 Å². The summed E-state index contributed by atoms with van der Waals surface area (Å²) in [6, 6.07) is 0. The average molecular weight is 303 g/mol. The van der Waals surface area contributed by atoms with Gasteiger partial charge in [0.2, 0.25) is 0 Å². The molecule has 0 aliphatic rings. The molecule has 0 aliphatic heterocycles. The van der Waals surface area contributed by atoms with E-state index in [1.807, 2.05) is 0 Å². The average Bonchev–Trinajstić information content (AvgIpc) is 2.38. The van der Waals surface area contributed by atoms with Gasteiger partial charge in [-0.25, -0.2) is 0 Å². The molecule has 0 fully saturated rings. The fourth-order valence-electron chi connectivity index (χ4n) is 3.40. The van der Waals surface area contributed by atoms with E-state index in [0.717, 1.165) is 0 Å². The Morgan fingerprint density at radius 3 is 1.25 bits per heavy atom. The Hall–Kier alpha value is 0.430. The summed E-state index contributed by atoms with van der Waals surface area (Å²) in [5.74, 6) is 0. The molecule has 0 spiro atoms. The summed E-state index contributed by atoms with van der Waals surface area (Å²) in [6.07, 6.45) is 18.1. The Morgan fingerprint density at radius 1 is 0.600 bits per heavy atom. The number of rotatable bonds is 12. The van der Waals surface area contributed by atoms with Crippen LogP contribution in [0.15, 0.2) is 0 Å². The minimum atomic E-state index is -0.958. The first-order chi connectivity index (χ1) is 9.39. The maximum absolute atomic E-state index is 2.40. The summed E-state index contributed by atoms with van der Waals surface area (Å²) in [4.78, 5) is 0. The first kappa shape index (κ1) is 20.4. The molecule has 0 aromatic rings. The Labute approximate surface area is 130 Å². The molecule has 0 nitrogen and oxygen atoms in total. The van der Waals surface area contributed by atoms with Crippen molar-refractivity contribution in [1.82, 2.24) is 0 Å². The molecule has 1 heteroatoms. The predicted molar refractivity (Wildman–Crippen MR) is 101 cm³/mol. The van der Waals surface area contributed by atoms with E-state index < -0.39 is 7.26 Å². The summed E-state index contributed by atoms with van der Waals surface area (Å²) < 4.78 is 0. The molecule has 0 atom stereocenters. The summed E-state index contributed by atoms with van der Waals surface area (Å²) in [5, 5.41) is 0. The second kappa shape index (κ2) is 11.1. The molecule has 0 aromatic heterocycles. The summed E-state index contributed by atoms with van der Waals surface area (Å²) in [6.45, 7) is 14.3. The molecule has 124 valence electrons. The number of unbranched alkanes of at least 4 members (excludes halogenated alkanes) is 3. The van der Waals surface area contributed by atoms with Crippen molar-refractivity contribution in [2.24, 2.45) is 5.41 Å². The molecule has 0 aromatic carbocycles. The van der Waals surface area contributed by atoms with Gasteiger partial charge >= 0.3 is 130 Å². The van der Waals surface area contributed by atoms with Gasteiger partial charge in [0.25, 0.3) is 0 Å². The predicted octanol–water partition coefficient (Wildman–Crippen LogP) is 6.96. The molecule has 0 saturated carbocycles. The maximum atomic E-state index is 2.40. The van der Waals surface area contributed by atoms with E-state index in [1.54, 1.807) is 24.6 Å². The van der Waals surface area contributed by atoms with Crippen LogP contribution >= 0.6 is 7.26 Å². The molecule has 0 saturated heterocycles. The van der Waals surface area contributed by atoms with E-state index in [4.69, 9.17) is 0 Å². The van der Waals surface area contributed by atoms with E-state index in [-0.39, 0.29) is 0 Å². The molecule has 0 radical (unpaired) electrons. The van der Waals surface area contributed by atoms with Crippen LogP contribution < -0.4 is 0 Å². The van der Waals surface area contributed by atoms with Gasteiger partial charge in [-0.1, -0.05) is 0 Å². The van der Waals surface area contributed by atoms with Gasteiger partial charge in [0.05, 0.1) is 0 Å². The SMILES string of the molecule is CCCC[PH](CCCC)(CCCC)CCCC(C)(C)C. The summed E-state index contributed by atoms with van der Waals surface area (Å²) >= 11 is 0. The standard InChI is InChI=1S/C19H43P/c1-7-10-15-20(16-11-8-2,17-12-9-3)18-13-14-19(4,5)6/h20H,7-18H2,1-6H3. The van der Waals surface area contributed by atoms with Crippen molar-refractivity contribution >= 4 is 7.26 Å². The number of hydrogen-bond donors (Lipinski definition) is 0. The molecule has 0 N–H and O–H groups in total. The second-order valence-electron chi connectivity index (χ2n) is 8.22. The first-order valence-electron chi connectivity index (χ1n) is 9.39. The van der Waals surface area contributed by atoms with Gasteiger partial charge in [0.15, 0.2) is 0 Å². The van der Waals surface area contributed by atoms with Gasteiger partial charge in [-0.3, -0.25) is 0 Å². The molecule has 0 unspecified atom stereocenters. The Morgan fingerprint density at radius 2 is 0.950 bits per heavy atom. The van der Waals surface area contributed by atoms with Crippen molar-refractivity contribution in [3.05, 3.63) is 0 Å². The monoisotopic (exact) mass is 302 g/mol. The second-order valence-corrected chi connectivity index (χ2v) is 13.2. The van der Waals surface area contributed by atoms with Gasteiger partial charge in [-0.15, -0.1) is 0 Å². The van der Waals surface area contributed by atoms with E-state index in [1.165, 1.54) is 51.4 Å². The van der Waals surface area contributed by atoms with Crippen LogP contribution in [0.2, 0.25) is 0 Å². The van der Waals surface area contributed by atoms with Crippen molar-refractivity contribution in [1.29, 1.82) is 0 Å². The van der Waals surface area contributed by atoms with Gasteiger partial charge < -0.3 is 0 Å². The first-order valence-corrected chi connectivity index (χ1v) is 12.2. The van der Waals surface area contributed by atoms with Crippen LogP contribution in [-0.2, 0) is 0 Å². The molecule has 0 amide bonds. The van der Waals surface area contributed by atoms with Gasteiger partial charge in [-0.2, -0.15) is 0 Å². The minimum absolute atomic E-state index is 0.528. The molecule has 0 bridgehead atoms. The van der Waals surface area contributed by atoms with Crippen LogP contribution in [-0.4, -0.2) is 24.6 Å². The zero-order valence-electron chi connectivity index (χ0n) is 15.5. The van der Waals surface area contributed by atoms with Crippen LogP contribution in [0.4, 0.5) is 0 Å². The van der Waals surface area contributed by atoms with Crippen molar-refractivity contribution < 1.29 is 0 Å². The van der Waals surface area contributed by atoms with Crippen LogP contribution in [0.25, 0.3) is 0 Å². The van der Waals surface area contributed by atoms with E-state index >= 15 is 0 Å². The normalized spacial score (nSPS) is 13.7. The third-order valence-corrected chi connectivity index (χ3v) is 10.5. The van der Waals surface area contributed by atoms with Crippen molar-refractivity contribution in [2.45, 2.75) is 92.9 Å². The molecule has 0 aliphatic carbocycles. The zero-order valence-corrected chi connectivity index (χ0v) is 16.5. The zero-order chi connectivity index (χ0) is 15.5. The van der Waals surface area contributed by atoms with E-state index in [9.17, 15) is 0 Å². The van der Waals surface area contributed by atoms with Crippen molar-refractivity contribution in [2.75, 3.05) is 24.6 Å². The Balaban J connectivity index is 4.57. The molecule has 0 heterocycles. The van der Waals surface area contributed by atoms with Gasteiger partial charge in [0, 0.05) is 0 Å². The van der Waals surface area contributed by atoms with Crippen LogP contribution in [0.3, 0.4) is 0 Å². The third kappa shape index (κ3) is 10.2. The van der Waals surface area contributed by atoms with Crippen LogP contribution in [0.5, 0.6) is 0 Å². The topological polar surface area (TPSA) is 0 Å². The summed E-state index contributed by atoms with van der Waals surface area (Å²) in [7, 11) is -0.958. The Kier molecular flexibility index (Phi) is 11.3.